The summed E-state index contributed by atoms with van der Waals surface area (Å²) in [4.78, 5) is 12.0. The van der Waals surface area contributed by atoms with Gasteiger partial charge in [-0.15, -0.1) is 0 Å². The summed E-state index contributed by atoms with van der Waals surface area (Å²) in [6.07, 6.45) is -1.47. The van der Waals surface area contributed by atoms with E-state index in [2.05, 4.69) is 20.3 Å². The van der Waals surface area contributed by atoms with Crippen LogP contribution in [-0.4, -0.2) is 15.0 Å². The summed E-state index contributed by atoms with van der Waals surface area (Å²) >= 11 is 11.8. The van der Waals surface area contributed by atoms with Crippen LogP contribution < -0.4 is 5.32 Å². The molecule has 1 unspecified atom stereocenters. The van der Waals surface area contributed by atoms with Crippen molar-refractivity contribution < 1.29 is 13.2 Å². The van der Waals surface area contributed by atoms with Crippen LogP contribution in [0.15, 0.2) is 30.5 Å². The van der Waals surface area contributed by atoms with Crippen molar-refractivity contribution in [1.29, 1.82) is 0 Å². The smallest absolute Gasteiger partial charge is 0.266 e. The number of fused-ring (bicyclic) bond motifs is 1. The van der Waals surface area contributed by atoms with Gasteiger partial charge in [0.05, 0.1) is 23.3 Å². The largest absolute Gasteiger partial charge is 0.363 e. The quantitative estimate of drug-likeness (QED) is 0.469. The average Bonchev–Trinajstić information content (AvgIpc) is 2.55. The molecule has 1 aromatic carbocycles. The van der Waals surface area contributed by atoms with Gasteiger partial charge in [0.1, 0.15) is 16.8 Å². The van der Waals surface area contributed by atoms with E-state index in [1.165, 1.54) is 24.4 Å². The van der Waals surface area contributed by atoms with Crippen LogP contribution in [-0.2, 0) is 0 Å². The van der Waals surface area contributed by atoms with Gasteiger partial charge in [-0.1, -0.05) is 29.8 Å². The monoisotopic (exact) mass is 386 g/mol. The Kier molecular flexibility index (Phi) is 4.96. The number of benzene rings is 1. The molecule has 0 aliphatic carbocycles. The molecule has 9 heteroatoms. The maximum atomic E-state index is 14.3. The van der Waals surface area contributed by atoms with Crippen molar-refractivity contribution in [2.45, 2.75) is 19.4 Å². The van der Waals surface area contributed by atoms with Crippen molar-refractivity contribution in [3.05, 3.63) is 57.8 Å². The highest BCUT2D eigenvalue weighted by Gasteiger charge is 2.20. The number of nitrogens with zero attached hydrogens (tertiary/aromatic N) is 3. The van der Waals surface area contributed by atoms with Crippen molar-refractivity contribution in [3.8, 4) is 0 Å². The molecule has 0 aliphatic heterocycles. The maximum absolute atomic E-state index is 14.3. The lowest BCUT2D eigenvalue weighted by Crippen LogP contribution is -2.12. The van der Waals surface area contributed by atoms with E-state index in [1.54, 1.807) is 6.92 Å². The van der Waals surface area contributed by atoms with Gasteiger partial charge in [0.15, 0.2) is 0 Å². The summed E-state index contributed by atoms with van der Waals surface area (Å²) < 4.78 is 40.1. The number of hydrogen-bond acceptors (Lipinski definition) is 4. The minimum Gasteiger partial charge on any atom is -0.363 e. The molecule has 3 aromatic rings. The number of anilines is 1. The molecular weight excluding hydrogens is 376 g/mol. The fourth-order valence-electron chi connectivity index (χ4n) is 2.44. The topological polar surface area (TPSA) is 50.7 Å². The Balaban J connectivity index is 2.02. The lowest BCUT2D eigenvalue weighted by atomic mass is 10.0. The number of alkyl halides is 2. The van der Waals surface area contributed by atoms with Gasteiger partial charge >= 0.3 is 0 Å². The second kappa shape index (κ2) is 7.01. The molecule has 0 amide bonds. The third-order valence-corrected chi connectivity index (χ3v) is 4.01. The Hall–Kier alpha value is -2.12. The molecule has 0 radical (unpaired) electrons. The first-order chi connectivity index (χ1) is 11.9. The minimum atomic E-state index is -2.90. The number of rotatable bonds is 4. The number of halogens is 5. The Morgan fingerprint density at radius 3 is 2.56 bits per heavy atom. The summed E-state index contributed by atoms with van der Waals surface area (Å²) in [7, 11) is 0. The molecule has 0 bridgehead atoms. The molecule has 130 valence electrons. The van der Waals surface area contributed by atoms with Gasteiger partial charge in [-0.3, -0.25) is 0 Å². The van der Waals surface area contributed by atoms with Crippen LogP contribution >= 0.6 is 23.2 Å². The van der Waals surface area contributed by atoms with Gasteiger partial charge in [0, 0.05) is 10.9 Å². The summed E-state index contributed by atoms with van der Waals surface area (Å²) in [5, 5.41) is 3.69. The van der Waals surface area contributed by atoms with E-state index in [0.717, 1.165) is 6.07 Å². The summed E-state index contributed by atoms with van der Waals surface area (Å²) in [6, 6.07) is 4.75. The molecule has 0 saturated heterocycles. The number of hydrogen-bond donors (Lipinski definition) is 1. The second-order valence-corrected chi connectivity index (χ2v) is 6.01. The molecule has 4 nitrogen and oxygen atoms in total. The fraction of sp³-hybridized carbons (Fsp3) is 0.188. The van der Waals surface area contributed by atoms with Crippen molar-refractivity contribution in [1.82, 2.24) is 15.0 Å². The van der Waals surface area contributed by atoms with Crippen LogP contribution in [0, 0.1) is 5.82 Å². The highest BCUT2D eigenvalue weighted by molar-refractivity contribution is 6.30. The SMILES string of the molecule is CC(Nc1nc(Cl)nc2cnc(Cl)cc12)c1cccc(C(F)F)c1F. The fourth-order valence-corrected chi connectivity index (χ4v) is 2.78. The van der Waals surface area contributed by atoms with Gasteiger partial charge in [0.2, 0.25) is 5.28 Å². The van der Waals surface area contributed by atoms with Crippen LogP contribution in [0.25, 0.3) is 10.9 Å². The van der Waals surface area contributed by atoms with E-state index in [-0.39, 0.29) is 16.0 Å². The lowest BCUT2D eigenvalue weighted by molar-refractivity contribution is 0.146. The minimum absolute atomic E-state index is 0.0341. The van der Waals surface area contributed by atoms with Gasteiger partial charge < -0.3 is 5.32 Å². The Labute approximate surface area is 151 Å². The first-order valence-corrected chi connectivity index (χ1v) is 7.94. The predicted octanol–water partition coefficient (Wildman–Crippen LogP) is 5.58. The van der Waals surface area contributed by atoms with Crippen LogP contribution in [0.2, 0.25) is 10.4 Å². The van der Waals surface area contributed by atoms with Crippen LogP contribution in [0.5, 0.6) is 0 Å². The van der Waals surface area contributed by atoms with E-state index in [1.807, 2.05) is 0 Å². The Bertz CT molecular complexity index is 937. The highest BCUT2D eigenvalue weighted by atomic mass is 35.5. The zero-order valence-corrected chi connectivity index (χ0v) is 14.3. The highest BCUT2D eigenvalue weighted by Crippen LogP contribution is 2.31. The number of aromatic nitrogens is 3. The van der Waals surface area contributed by atoms with Crippen molar-refractivity contribution in [2.75, 3.05) is 5.32 Å². The first-order valence-electron chi connectivity index (χ1n) is 7.18. The van der Waals surface area contributed by atoms with Crippen molar-refractivity contribution >= 4 is 39.9 Å². The standard InChI is InChI=1S/C16H11Cl2F3N4/c1-7(8-3-2-4-9(13(8)19)14(20)21)23-15-10-5-12(17)22-6-11(10)24-16(18)25-15/h2-7,14H,1H3,(H,23,24,25). The maximum Gasteiger partial charge on any atom is 0.266 e. The average molecular weight is 387 g/mol. The van der Waals surface area contributed by atoms with E-state index in [4.69, 9.17) is 23.2 Å². The predicted molar refractivity (Wildman–Crippen MR) is 90.7 cm³/mol. The third kappa shape index (κ3) is 3.62. The summed E-state index contributed by atoms with van der Waals surface area (Å²) in [6.45, 7) is 1.62. The molecule has 0 spiro atoms. The van der Waals surface area contributed by atoms with Crippen molar-refractivity contribution in [3.63, 3.8) is 0 Å². The van der Waals surface area contributed by atoms with Crippen LogP contribution in [0.3, 0.4) is 0 Å². The Morgan fingerprint density at radius 1 is 1.12 bits per heavy atom. The molecule has 0 saturated carbocycles. The zero-order valence-electron chi connectivity index (χ0n) is 12.8. The molecule has 0 fully saturated rings. The summed E-state index contributed by atoms with van der Waals surface area (Å²) in [5.74, 6) is -0.657. The molecule has 1 atom stereocenters. The van der Waals surface area contributed by atoms with Gasteiger partial charge in [-0.2, -0.15) is 0 Å². The number of nitrogens with one attached hydrogen (secondary N) is 1. The molecule has 3 rings (SSSR count). The normalized spacial score (nSPS) is 12.6. The van der Waals surface area contributed by atoms with E-state index >= 15 is 0 Å². The van der Waals surface area contributed by atoms with Crippen LogP contribution in [0.4, 0.5) is 19.0 Å². The second-order valence-electron chi connectivity index (χ2n) is 5.28. The van der Waals surface area contributed by atoms with Crippen LogP contribution in [0.1, 0.15) is 30.5 Å². The molecular formula is C16H11Cl2F3N4. The van der Waals surface area contributed by atoms with E-state index < -0.39 is 23.8 Å². The molecule has 0 aliphatic rings. The van der Waals surface area contributed by atoms with Gasteiger partial charge in [-0.25, -0.2) is 28.1 Å². The summed E-state index contributed by atoms with van der Waals surface area (Å²) in [5.41, 5.74) is -0.120. The van der Waals surface area contributed by atoms with Crippen molar-refractivity contribution in [2.24, 2.45) is 0 Å². The number of pyridine rings is 1. The Morgan fingerprint density at radius 2 is 1.84 bits per heavy atom. The van der Waals surface area contributed by atoms with E-state index in [9.17, 15) is 13.2 Å². The van der Waals surface area contributed by atoms with Gasteiger partial charge in [0.25, 0.3) is 6.43 Å². The lowest BCUT2D eigenvalue weighted by Gasteiger charge is -2.18. The molecule has 2 heterocycles. The van der Waals surface area contributed by atoms with E-state index in [0.29, 0.717) is 16.7 Å². The molecule has 1 N–H and O–H groups in total. The first kappa shape index (κ1) is 17.7. The van der Waals surface area contributed by atoms with Gasteiger partial charge in [-0.05, 0) is 24.6 Å². The molecule has 2 aromatic heterocycles. The zero-order chi connectivity index (χ0) is 18.1. The third-order valence-electron chi connectivity index (χ3n) is 3.63. The molecule has 25 heavy (non-hydrogen) atoms.